The van der Waals surface area contributed by atoms with Crippen LogP contribution in [-0.2, 0) is 4.79 Å². The summed E-state index contributed by atoms with van der Waals surface area (Å²) >= 11 is 0. The van der Waals surface area contributed by atoms with Gasteiger partial charge in [0.05, 0.1) is 6.04 Å². The summed E-state index contributed by atoms with van der Waals surface area (Å²) < 4.78 is 11.3. The number of rotatable bonds is 7. The molecule has 1 amide bonds. The van der Waals surface area contributed by atoms with E-state index in [-0.39, 0.29) is 11.9 Å². The summed E-state index contributed by atoms with van der Waals surface area (Å²) in [6.45, 7) is 6.05. The summed E-state index contributed by atoms with van der Waals surface area (Å²) in [7, 11) is 0. The Labute approximate surface area is 137 Å². The SMILES string of the molecule is Cc1ccccc1OC[C@H](C)NC(=O)[C@@H](C)Oc1ccccc1. The molecule has 0 fully saturated rings. The zero-order chi connectivity index (χ0) is 16.7. The van der Waals surface area contributed by atoms with Crippen LogP contribution in [0.25, 0.3) is 0 Å². The Morgan fingerprint density at radius 2 is 1.70 bits per heavy atom. The van der Waals surface area contributed by atoms with Crippen LogP contribution >= 0.6 is 0 Å². The minimum Gasteiger partial charge on any atom is -0.491 e. The normalized spacial score (nSPS) is 13.0. The second-order valence-corrected chi connectivity index (χ2v) is 5.56. The molecule has 2 aromatic rings. The molecular weight excluding hydrogens is 290 g/mol. The first-order valence-electron chi connectivity index (χ1n) is 7.77. The van der Waals surface area contributed by atoms with E-state index in [9.17, 15) is 4.79 Å². The van der Waals surface area contributed by atoms with Crippen molar-refractivity contribution in [1.29, 1.82) is 0 Å². The fraction of sp³-hybridized carbons (Fsp3) is 0.316. The molecule has 2 aromatic carbocycles. The van der Waals surface area contributed by atoms with Gasteiger partial charge in [0.1, 0.15) is 18.1 Å². The van der Waals surface area contributed by atoms with Crippen LogP contribution in [0.1, 0.15) is 19.4 Å². The van der Waals surface area contributed by atoms with Crippen molar-refractivity contribution in [1.82, 2.24) is 5.32 Å². The second-order valence-electron chi connectivity index (χ2n) is 5.56. The predicted octanol–water partition coefficient (Wildman–Crippen LogP) is 3.35. The zero-order valence-electron chi connectivity index (χ0n) is 13.8. The van der Waals surface area contributed by atoms with Gasteiger partial charge in [0.25, 0.3) is 5.91 Å². The third kappa shape index (κ3) is 5.33. The van der Waals surface area contributed by atoms with Gasteiger partial charge < -0.3 is 14.8 Å². The van der Waals surface area contributed by atoms with E-state index in [1.165, 1.54) is 0 Å². The van der Waals surface area contributed by atoms with Crippen molar-refractivity contribution >= 4 is 5.91 Å². The van der Waals surface area contributed by atoms with Crippen molar-refractivity contribution < 1.29 is 14.3 Å². The third-order valence-electron chi connectivity index (χ3n) is 3.40. The number of ether oxygens (including phenoxy) is 2. The lowest BCUT2D eigenvalue weighted by Gasteiger charge is -2.19. The molecule has 2 atom stereocenters. The molecule has 0 aromatic heterocycles. The Bertz CT molecular complexity index is 628. The Morgan fingerprint density at radius 3 is 2.39 bits per heavy atom. The van der Waals surface area contributed by atoms with E-state index >= 15 is 0 Å². The molecule has 0 saturated carbocycles. The van der Waals surface area contributed by atoms with Gasteiger partial charge in [-0.15, -0.1) is 0 Å². The Balaban J connectivity index is 1.79. The highest BCUT2D eigenvalue weighted by Crippen LogP contribution is 2.16. The van der Waals surface area contributed by atoms with Crippen LogP contribution in [0.4, 0.5) is 0 Å². The van der Waals surface area contributed by atoms with Gasteiger partial charge in [-0.25, -0.2) is 0 Å². The minimum atomic E-state index is -0.557. The van der Waals surface area contributed by atoms with Crippen molar-refractivity contribution in [3.05, 3.63) is 60.2 Å². The molecular formula is C19H23NO3. The summed E-state index contributed by atoms with van der Waals surface area (Å²) in [6, 6.07) is 17.0. The fourth-order valence-corrected chi connectivity index (χ4v) is 2.09. The summed E-state index contributed by atoms with van der Waals surface area (Å²) in [4.78, 5) is 12.1. The maximum Gasteiger partial charge on any atom is 0.261 e. The number of benzene rings is 2. The lowest BCUT2D eigenvalue weighted by Crippen LogP contribution is -2.43. The maximum atomic E-state index is 12.1. The number of nitrogens with one attached hydrogen (secondary N) is 1. The van der Waals surface area contributed by atoms with Gasteiger partial charge in [0, 0.05) is 0 Å². The highest BCUT2D eigenvalue weighted by molar-refractivity contribution is 5.80. The van der Waals surface area contributed by atoms with Crippen molar-refractivity contribution in [3.8, 4) is 11.5 Å². The van der Waals surface area contributed by atoms with Crippen LogP contribution in [0.15, 0.2) is 54.6 Å². The van der Waals surface area contributed by atoms with Gasteiger partial charge in [-0.3, -0.25) is 4.79 Å². The van der Waals surface area contributed by atoms with Crippen LogP contribution < -0.4 is 14.8 Å². The summed E-state index contributed by atoms with van der Waals surface area (Å²) in [5.41, 5.74) is 1.08. The van der Waals surface area contributed by atoms with Gasteiger partial charge in [-0.2, -0.15) is 0 Å². The molecule has 0 radical (unpaired) electrons. The van der Waals surface area contributed by atoms with E-state index < -0.39 is 6.10 Å². The first-order valence-corrected chi connectivity index (χ1v) is 7.77. The lowest BCUT2D eigenvalue weighted by molar-refractivity contribution is -0.128. The standard InChI is InChI=1S/C19H23NO3/c1-14-9-7-8-12-18(14)22-13-15(2)20-19(21)16(3)23-17-10-5-4-6-11-17/h4-12,15-16H,13H2,1-3H3,(H,20,21)/t15-,16+/m0/s1. The number of hydrogen-bond donors (Lipinski definition) is 1. The lowest BCUT2D eigenvalue weighted by atomic mass is 10.2. The topological polar surface area (TPSA) is 47.6 Å². The largest absolute Gasteiger partial charge is 0.491 e. The number of aryl methyl sites for hydroxylation is 1. The molecule has 0 saturated heterocycles. The predicted molar refractivity (Wildman–Crippen MR) is 90.8 cm³/mol. The highest BCUT2D eigenvalue weighted by Gasteiger charge is 2.17. The van der Waals surface area contributed by atoms with Gasteiger partial charge in [0.2, 0.25) is 0 Å². The van der Waals surface area contributed by atoms with E-state index in [0.29, 0.717) is 12.4 Å². The minimum absolute atomic E-state index is 0.107. The fourth-order valence-electron chi connectivity index (χ4n) is 2.09. The number of amides is 1. The third-order valence-corrected chi connectivity index (χ3v) is 3.40. The summed E-state index contributed by atoms with van der Waals surface area (Å²) in [6.07, 6.45) is -0.557. The molecule has 2 rings (SSSR count). The molecule has 4 nitrogen and oxygen atoms in total. The Hall–Kier alpha value is -2.49. The molecule has 4 heteroatoms. The number of para-hydroxylation sites is 2. The molecule has 0 aliphatic rings. The molecule has 0 aliphatic heterocycles. The van der Waals surface area contributed by atoms with Crippen LogP contribution in [0.2, 0.25) is 0 Å². The number of carbonyl (C=O) groups excluding carboxylic acids is 1. The van der Waals surface area contributed by atoms with Crippen LogP contribution in [0.5, 0.6) is 11.5 Å². The molecule has 0 heterocycles. The quantitative estimate of drug-likeness (QED) is 0.853. The Kier molecular flexibility index (Phi) is 6.03. The van der Waals surface area contributed by atoms with Gasteiger partial charge >= 0.3 is 0 Å². The molecule has 0 aliphatic carbocycles. The first-order chi connectivity index (χ1) is 11.1. The molecule has 0 unspecified atom stereocenters. The monoisotopic (exact) mass is 313 g/mol. The van der Waals surface area contributed by atoms with Crippen molar-refractivity contribution in [2.45, 2.75) is 32.9 Å². The number of carbonyl (C=O) groups is 1. The van der Waals surface area contributed by atoms with Gasteiger partial charge in [-0.05, 0) is 44.5 Å². The smallest absolute Gasteiger partial charge is 0.261 e. The van der Waals surface area contributed by atoms with E-state index in [0.717, 1.165) is 11.3 Å². The van der Waals surface area contributed by atoms with Crippen LogP contribution in [0.3, 0.4) is 0 Å². The average Bonchev–Trinajstić information content (AvgIpc) is 2.55. The van der Waals surface area contributed by atoms with Gasteiger partial charge in [0.15, 0.2) is 6.10 Å². The van der Waals surface area contributed by atoms with E-state index in [1.807, 2.05) is 68.4 Å². The zero-order valence-corrected chi connectivity index (χ0v) is 13.8. The van der Waals surface area contributed by atoms with Crippen molar-refractivity contribution in [2.75, 3.05) is 6.61 Å². The molecule has 0 bridgehead atoms. The summed E-state index contributed by atoms with van der Waals surface area (Å²) in [5.74, 6) is 1.36. The average molecular weight is 313 g/mol. The maximum absolute atomic E-state index is 12.1. The second kappa shape index (κ2) is 8.22. The number of hydrogen-bond acceptors (Lipinski definition) is 3. The van der Waals surface area contributed by atoms with Gasteiger partial charge in [-0.1, -0.05) is 36.4 Å². The highest BCUT2D eigenvalue weighted by atomic mass is 16.5. The van der Waals surface area contributed by atoms with E-state index in [2.05, 4.69) is 5.32 Å². The molecule has 0 spiro atoms. The molecule has 1 N–H and O–H groups in total. The van der Waals surface area contributed by atoms with E-state index in [1.54, 1.807) is 6.92 Å². The Morgan fingerprint density at radius 1 is 1.04 bits per heavy atom. The van der Waals surface area contributed by atoms with Crippen molar-refractivity contribution in [3.63, 3.8) is 0 Å². The van der Waals surface area contributed by atoms with Crippen LogP contribution in [0, 0.1) is 6.92 Å². The first kappa shape index (κ1) is 16.9. The van der Waals surface area contributed by atoms with E-state index in [4.69, 9.17) is 9.47 Å². The van der Waals surface area contributed by atoms with Crippen LogP contribution in [-0.4, -0.2) is 24.7 Å². The molecule has 122 valence electrons. The van der Waals surface area contributed by atoms with Crippen molar-refractivity contribution in [2.24, 2.45) is 0 Å². The molecule has 23 heavy (non-hydrogen) atoms. The summed E-state index contributed by atoms with van der Waals surface area (Å²) in [5, 5.41) is 2.90.